The Morgan fingerprint density at radius 2 is 1.97 bits per heavy atom. The minimum atomic E-state index is -4.85. The second-order valence-corrected chi connectivity index (χ2v) is 9.12. The van der Waals surface area contributed by atoms with Crippen LogP contribution in [0.4, 0.5) is 22.7 Å². The molecule has 33 heavy (non-hydrogen) atoms. The molecule has 0 aliphatic rings. The van der Waals surface area contributed by atoms with Crippen LogP contribution in [0.2, 0.25) is 4.34 Å². The van der Waals surface area contributed by atoms with E-state index in [4.69, 9.17) is 16.7 Å². The Hall–Kier alpha value is -2.92. The van der Waals surface area contributed by atoms with E-state index < -0.39 is 35.9 Å². The smallest absolute Gasteiger partial charge is 0.419 e. The lowest BCUT2D eigenvalue weighted by Crippen LogP contribution is -2.17. The lowest BCUT2D eigenvalue weighted by atomic mass is 10.1. The van der Waals surface area contributed by atoms with Gasteiger partial charge in [-0.1, -0.05) is 42.9 Å². The summed E-state index contributed by atoms with van der Waals surface area (Å²) >= 11 is 6.87. The summed E-state index contributed by atoms with van der Waals surface area (Å²) < 4.78 is 54.4. The Bertz CT molecular complexity index is 1200. The summed E-state index contributed by atoms with van der Waals surface area (Å²) in [4.78, 5) is 27.8. The Morgan fingerprint density at radius 3 is 2.58 bits per heavy atom. The van der Waals surface area contributed by atoms with E-state index in [0.717, 1.165) is 23.0 Å². The zero-order valence-corrected chi connectivity index (χ0v) is 18.9. The number of alkyl halides is 3. The van der Waals surface area contributed by atoms with E-state index in [2.05, 4.69) is 10.3 Å². The maximum Gasteiger partial charge on any atom is 0.419 e. The summed E-state index contributed by atoms with van der Waals surface area (Å²) in [6, 6.07) is 4.28. The number of anilines is 1. The van der Waals surface area contributed by atoms with Gasteiger partial charge in [0.25, 0.3) is 5.91 Å². The molecule has 2 aromatic heterocycles. The quantitative estimate of drug-likeness (QED) is 0.399. The van der Waals surface area contributed by atoms with Gasteiger partial charge in [-0.15, -0.1) is 0 Å². The monoisotopic (exact) mass is 503 g/mol. The average molecular weight is 504 g/mol. The van der Waals surface area contributed by atoms with E-state index in [1.54, 1.807) is 12.3 Å². The molecule has 0 radical (unpaired) electrons. The molecule has 2 heterocycles. The first kappa shape index (κ1) is 24.7. The van der Waals surface area contributed by atoms with E-state index >= 15 is 0 Å². The van der Waals surface area contributed by atoms with E-state index in [0.29, 0.717) is 6.07 Å². The zero-order valence-electron chi connectivity index (χ0n) is 17.3. The van der Waals surface area contributed by atoms with Crippen molar-refractivity contribution in [3.05, 3.63) is 68.7 Å². The van der Waals surface area contributed by atoms with E-state index in [1.165, 1.54) is 10.6 Å². The molecule has 0 bridgehead atoms. The number of thiazole rings is 1. The van der Waals surface area contributed by atoms with Crippen molar-refractivity contribution in [1.82, 2.24) is 9.55 Å². The molecule has 0 spiro atoms. The van der Waals surface area contributed by atoms with Crippen LogP contribution in [0.5, 0.6) is 0 Å². The molecule has 12 heteroatoms. The third-order valence-corrected chi connectivity index (χ3v) is 5.95. The van der Waals surface area contributed by atoms with Gasteiger partial charge in [-0.05, 0) is 35.2 Å². The number of nitrogens with zero attached hydrogens (tertiary/aromatic N) is 2. The molecule has 1 aromatic carbocycles. The lowest BCUT2D eigenvalue weighted by molar-refractivity contribution is -0.140. The Morgan fingerprint density at radius 1 is 1.27 bits per heavy atom. The van der Waals surface area contributed by atoms with E-state index in [9.17, 15) is 27.2 Å². The molecule has 3 aromatic rings. The van der Waals surface area contributed by atoms with Gasteiger partial charge in [0.2, 0.25) is 0 Å². The highest BCUT2D eigenvalue weighted by Gasteiger charge is 2.34. The number of rotatable bonds is 7. The van der Waals surface area contributed by atoms with E-state index in [1.807, 2.05) is 13.8 Å². The number of aliphatic carboxylic acids is 1. The van der Waals surface area contributed by atoms with Gasteiger partial charge in [0, 0.05) is 12.7 Å². The van der Waals surface area contributed by atoms with Crippen molar-refractivity contribution in [3.8, 4) is 0 Å². The fourth-order valence-corrected chi connectivity index (χ4v) is 4.09. The molecular weight excluding hydrogens is 486 g/mol. The largest absolute Gasteiger partial charge is 0.481 e. The highest BCUT2D eigenvalue weighted by Crippen LogP contribution is 2.33. The molecule has 1 amide bonds. The number of carbonyl (C=O) groups is 2. The van der Waals surface area contributed by atoms with Crippen LogP contribution in [-0.4, -0.2) is 26.5 Å². The first-order valence-corrected chi connectivity index (χ1v) is 10.8. The van der Waals surface area contributed by atoms with Gasteiger partial charge in [-0.3, -0.25) is 14.9 Å². The second kappa shape index (κ2) is 9.52. The summed E-state index contributed by atoms with van der Waals surface area (Å²) in [5.41, 5.74) is -0.214. The minimum Gasteiger partial charge on any atom is -0.481 e. The van der Waals surface area contributed by atoms with Gasteiger partial charge < -0.3 is 9.67 Å². The van der Waals surface area contributed by atoms with Crippen LogP contribution < -0.4 is 5.32 Å². The van der Waals surface area contributed by atoms with Crippen LogP contribution in [0, 0.1) is 5.82 Å². The SMILES string of the molecule is CC(C)c1cc(C(=O)Nc2nc(CC(=O)O)c(Cl)s2)n(Cc2ccc(F)c(C(F)(F)F)c2)c1. The molecule has 0 saturated carbocycles. The van der Waals surface area contributed by atoms with Crippen molar-refractivity contribution in [3.63, 3.8) is 0 Å². The second-order valence-electron chi connectivity index (χ2n) is 7.52. The number of nitrogens with one attached hydrogen (secondary N) is 1. The van der Waals surface area contributed by atoms with Gasteiger partial charge in [0.05, 0.1) is 17.7 Å². The fourth-order valence-electron chi connectivity index (χ4n) is 3.05. The van der Waals surface area contributed by atoms with E-state index in [-0.39, 0.29) is 38.9 Å². The lowest BCUT2D eigenvalue weighted by Gasteiger charge is -2.12. The third kappa shape index (κ3) is 5.91. The molecule has 2 N–H and O–H groups in total. The average Bonchev–Trinajstić information content (AvgIpc) is 3.25. The number of aromatic nitrogens is 2. The van der Waals surface area contributed by atoms with Gasteiger partial charge in [0.15, 0.2) is 5.13 Å². The molecule has 0 fully saturated rings. The highest BCUT2D eigenvalue weighted by atomic mass is 35.5. The number of halogens is 5. The van der Waals surface area contributed by atoms with Gasteiger partial charge in [-0.2, -0.15) is 13.2 Å². The zero-order chi connectivity index (χ0) is 24.5. The molecule has 6 nitrogen and oxygen atoms in total. The number of carboxylic acid groups (broad SMARTS) is 1. The molecule has 0 saturated heterocycles. The minimum absolute atomic E-state index is 0.0215. The van der Waals surface area contributed by atoms with Crippen molar-refractivity contribution in [2.45, 2.75) is 38.9 Å². The molecule has 0 unspecified atom stereocenters. The fraction of sp³-hybridized carbons (Fsp3) is 0.286. The summed E-state index contributed by atoms with van der Waals surface area (Å²) in [6.45, 7) is 3.67. The molecular formula is C21H18ClF4N3O3S. The summed E-state index contributed by atoms with van der Waals surface area (Å²) in [5, 5.41) is 11.5. The predicted molar refractivity (Wildman–Crippen MR) is 115 cm³/mol. The number of amides is 1. The van der Waals surface area contributed by atoms with Gasteiger partial charge >= 0.3 is 12.1 Å². The topological polar surface area (TPSA) is 84.2 Å². The number of benzene rings is 1. The Labute approximate surface area is 194 Å². The van der Waals surface area contributed by atoms with Crippen LogP contribution in [-0.2, 0) is 23.9 Å². The Kier molecular flexibility index (Phi) is 7.13. The number of carboxylic acids is 1. The number of hydrogen-bond acceptors (Lipinski definition) is 4. The molecule has 0 atom stereocenters. The maximum absolute atomic E-state index is 13.6. The van der Waals surface area contributed by atoms with Crippen molar-refractivity contribution < 1.29 is 32.3 Å². The van der Waals surface area contributed by atoms with Crippen molar-refractivity contribution in [1.29, 1.82) is 0 Å². The van der Waals surface area contributed by atoms with Crippen LogP contribution >= 0.6 is 22.9 Å². The third-order valence-electron chi connectivity index (χ3n) is 4.69. The maximum atomic E-state index is 13.6. The normalized spacial score (nSPS) is 11.8. The molecule has 0 aliphatic carbocycles. The van der Waals surface area contributed by atoms with Gasteiger partial charge in [0.1, 0.15) is 15.8 Å². The van der Waals surface area contributed by atoms with Crippen LogP contribution in [0.15, 0.2) is 30.5 Å². The summed E-state index contributed by atoms with van der Waals surface area (Å²) in [7, 11) is 0. The van der Waals surface area contributed by atoms with Gasteiger partial charge in [-0.25, -0.2) is 9.37 Å². The van der Waals surface area contributed by atoms with Crippen LogP contribution in [0.25, 0.3) is 0 Å². The molecule has 3 rings (SSSR count). The predicted octanol–water partition coefficient (Wildman–Crippen LogP) is 5.81. The standard InChI is InChI=1S/C21H18ClF4N3O3S/c1-10(2)12-6-16(19(32)28-20-27-15(7-17(30)31)18(22)33-20)29(9-12)8-11-3-4-14(23)13(5-11)21(24,25)26/h3-6,9-10H,7-8H2,1-2H3,(H,30,31)(H,27,28,32). The summed E-state index contributed by atoms with van der Waals surface area (Å²) in [5.74, 6) is -3.09. The first-order chi connectivity index (χ1) is 15.3. The van der Waals surface area contributed by atoms with Crippen molar-refractivity contribution in [2.75, 3.05) is 5.32 Å². The Balaban J connectivity index is 1.91. The van der Waals surface area contributed by atoms with Crippen LogP contribution in [0.3, 0.4) is 0 Å². The van der Waals surface area contributed by atoms with Crippen molar-refractivity contribution >= 4 is 39.9 Å². The number of hydrogen-bond donors (Lipinski definition) is 2. The highest BCUT2D eigenvalue weighted by molar-refractivity contribution is 7.19. The molecule has 0 aliphatic heterocycles. The van der Waals surface area contributed by atoms with Crippen LogP contribution in [0.1, 0.15) is 52.6 Å². The molecule has 176 valence electrons. The summed E-state index contributed by atoms with van der Waals surface area (Å²) in [6.07, 6.45) is -3.62. The number of carbonyl (C=O) groups excluding carboxylic acids is 1. The van der Waals surface area contributed by atoms with Crippen molar-refractivity contribution in [2.24, 2.45) is 0 Å². The first-order valence-electron chi connectivity index (χ1n) is 9.59.